The van der Waals surface area contributed by atoms with Gasteiger partial charge in [0.1, 0.15) is 0 Å². The van der Waals surface area contributed by atoms with Crippen LogP contribution in [0.5, 0.6) is 0 Å². The number of benzene rings is 2. The summed E-state index contributed by atoms with van der Waals surface area (Å²) in [7, 11) is 0. The molecule has 0 aliphatic heterocycles. The molecule has 0 aliphatic rings. The van der Waals surface area contributed by atoms with Gasteiger partial charge >= 0.3 is 0 Å². The maximum atomic E-state index is 4.75. The number of para-hydroxylation sites is 1. The van der Waals surface area contributed by atoms with Gasteiger partial charge in [0.2, 0.25) is 0 Å². The zero-order valence-corrected chi connectivity index (χ0v) is 12.5. The quantitative estimate of drug-likeness (QED) is 0.640. The number of rotatable bonds is 5. The first kappa shape index (κ1) is 13.8. The second kappa shape index (κ2) is 6.53. The van der Waals surface area contributed by atoms with E-state index in [0.717, 1.165) is 18.4 Å². The number of pyridine rings is 1. The van der Waals surface area contributed by atoms with Crippen LogP contribution in [0.15, 0.2) is 60.7 Å². The standard InChI is InChI=1S/C20H21N/c1-2-6-16-7-5-8-17(15-16)11-13-19-14-12-18-9-3-4-10-20(18)21-19/h3-5,7-10,12,14-15H,2,6,11,13H2,1H3. The number of aryl methyl sites for hydroxylation is 3. The average molecular weight is 275 g/mol. The highest BCUT2D eigenvalue weighted by Gasteiger charge is 2.00. The average Bonchev–Trinajstić information content (AvgIpc) is 2.53. The highest BCUT2D eigenvalue weighted by Crippen LogP contribution is 2.14. The van der Waals surface area contributed by atoms with E-state index in [9.17, 15) is 0 Å². The van der Waals surface area contributed by atoms with Crippen LogP contribution in [0.3, 0.4) is 0 Å². The molecule has 0 atom stereocenters. The molecule has 0 unspecified atom stereocenters. The molecule has 0 saturated carbocycles. The molecule has 1 heteroatoms. The summed E-state index contributed by atoms with van der Waals surface area (Å²) in [5.74, 6) is 0. The number of aromatic nitrogens is 1. The second-order valence-corrected chi connectivity index (χ2v) is 5.57. The summed E-state index contributed by atoms with van der Waals surface area (Å²) in [5.41, 5.74) is 5.13. The van der Waals surface area contributed by atoms with E-state index in [1.807, 2.05) is 6.07 Å². The molecule has 0 bridgehead atoms. The Kier molecular flexibility index (Phi) is 4.30. The van der Waals surface area contributed by atoms with Crippen molar-refractivity contribution < 1.29 is 0 Å². The predicted octanol–water partition coefficient (Wildman–Crippen LogP) is 4.97. The normalized spacial score (nSPS) is 10.9. The van der Waals surface area contributed by atoms with Crippen molar-refractivity contribution in [2.75, 3.05) is 0 Å². The Bertz CT molecular complexity index is 730. The van der Waals surface area contributed by atoms with Gasteiger partial charge in [0.05, 0.1) is 5.52 Å². The Morgan fingerprint density at radius 1 is 0.762 bits per heavy atom. The third kappa shape index (κ3) is 3.49. The first-order valence-corrected chi connectivity index (χ1v) is 7.77. The zero-order valence-electron chi connectivity index (χ0n) is 12.5. The smallest absolute Gasteiger partial charge is 0.0705 e. The minimum Gasteiger partial charge on any atom is -0.253 e. The lowest BCUT2D eigenvalue weighted by Crippen LogP contribution is -1.96. The monoisotopic (exact) mass is 275 g/mol. The van der Waals surface area contributed by atoms with Crippen LogP contribution < -0.4 is 0 Å². The van der Waals surface area contributed by atoms with Gasteiger partial charge in [0.25, 0.3) is 0 Å². The summed E-state index contributed by atoms with van der Waals surface area (Å²) in [5, 5.41) is 1.21. The topological polar surface area (TPSA) is 12.9 Å². The van der Waals surface area contributed by atoms with Crippen LogP contribution in [0.25, 0.3) is 10.9 Å². The van der Waals surface area contributed by atoms with Crippen molar-refractivity contribution in [1.82, 2.24) is 4.98 Å². The van der Waals surface area contributed by atoms with Gasteiger partial charge in [-0.25, -0.2) is 0 Å². The summed E-state index contributed by atoms with van der Waals surface area (Å²) >= 11 is 0. The molecule has 1 nitrogen and oxygen atoms in total. The molecular weight excluding hydrogens is 254 g/mol. The SMILES string of the molecule is CCCc1cccc(CCc2ccc3ccccc3n2)c1. The summed E-state index contributed by atoms with van der Waals surface area (Å²) in [6.45, 7) is 2.23. The minimum absolute atomic E-state index is 1.00. The van der Waals surface area contributed by atoms with Crippen molar-refractivity contribution in [3.8, 4) is 0 Å². The van der Waals surface area contributed by atoms with Crippen molar-refractivity contribution in [2.24, 2.45) is 0 Å². The molecule has 0 spiro atoms. The van der Waals surface area contributed by atoms with Gasteiger partial charge in [0.15, 0.2) is 0 Å². The molecule has 0 amide bonds. The number of nitrogens with zero attached hydrogens (tertiary/aromatic N) is 1. The highest BCUT2D eigenvalue weighted by molar-refractivity contribution is 5.78. The van der Waals surface area contributed by atoms with Gasteiger partial charge < -0.3 is 0 Å². The Hall–Kier alpha value is -2.15. The van der Waals surface area contributed by atoms with E-state index in [2.05, 4.69) is 61.5 Å². The van der Waals surface area contributed by atoms with Crippen LogP contribution in [-0.4, -0.2) is 4.98 Å². The first-order chi connectivity index (χ1) is 10.3. The van der Waals surface area contributed by atoms with Gasteiger partial charge in [-0.1, -0.05) is 61.9 Å². The third-order valence-corrected chi connectivity index (χ3v) is 3.86. The molecule has 0 fully saturated rings. The van der Waals surface area contributed by atoms with E-state index in [0.29, 0.717) is 0 Å². The number of fused-ring (bicyclic) bond motifs is 1. The largest absolute Gasteiger partial charge is 0.253 e. The first-order valence-electron chi connectivity index (χ1n) is 7.77. The summed E-state index contributed by atoms with van der Waals surface area (Å²) in [6.07, 6.45) is 4.43. The molecule has 0 saturated heterocycles. The zero-order chi connectivity index (χ0) is 14.5. The van der Waals surface area contributed by atoms with Crippen molar-refractivity contribution in [3.05, 3.63) is 77.5 Å². The lowest BCUT2D eigenvalue weighted by Gasteiger charge is -2.05. The highest BCUT2D eigenvalue weighted by atomic mass is 14.7. The Labute approximate surface area is 126 Å². The minimum atomic E-state index is 1.00. The van der Waals surface area contributed by atoms with E-state index < -0.39 is 0 Å². The number of hydrogen-bond donors (Lipinski definition) is 0. The van der Waals surface area contributed by atoms with E-state index >= 15 is 0 Å². The summed E-state index contributed by atoms with van der Waals surface area (Å²) in [6, 6.07) is 21.6. The van der Waals surface area contributed by atoms with Crippen LogP contribution in [0.2, 0.25) is 0 Å². The molecule has 106 valence electrons. The Balaban J connectivity index is 1.72. The van der Waals surface area contributed by atoms with Crippen LogP contribution in [0, 0.1) is 0 Å². The molecule has 0 N–H and O–H groups in total. The summed E-state index contributed by atoms with van der Waals surface area (Å²) < 4.78 is 0. The molecule has 3 aromatic rings. The number of hydrogen-bond acceptors (Lipinski definition) is 1. The van der Waals surface area contributed by atoms with E-state index in [1.165, 1.54) is 35.0 Å². The fourth-order valence-electron chi connectivity index (χ4n) is 2.75. The van der Waals surface area contributed by atoms with Crippen LogP contribution in [0.4, 0.5) is 0 Å². The fourth-order valence-corrected chi connectivity index (χ4v) is 2.75. The lowest BCUT2D eigenvalue weighted by molar-refractivity contribution is 0.897. The van der Waals surface area contributed by atoms with E-state index in [4.69, 9.17) is 4.98 Å². The van der Waals surface area contributed by atoms with Gasteiger partial charge in [-0.05, 0) is 42.5 Å². The van der Waals surface area contributed by atoms with Crippen molar-refractivity contribution in [1.29, 1.82) is 0 Å². The molecule has 1 heterocycles. The molecular formula is C20H21N. The Morgan fingerprint density at radius 3 is 2.43 bits per heavy atom. The lowest BCUT2D eigenvalue weighted by atomic mass is 10.0. The third-order valence-electron chi connectivity index (χ3n) is 3.86. The van der Waals surface area contributed by atoms with Crippen LogP contribution >= 0.6 is 0 Å². The molecule has 3 rings (SSSR count). The van der Waals surface area contributed by atoms with Crippen molar-refractivity contribution in [2.45, 2.75) is 32.6 Å². The van der Waals surface area contributed by atoms with Gasteiger partial charge in [-0.15, -0.1) is 0 Å². The van der Waals surface area contributed by atoms with E-state index in [-0.39, 0.29) is 0 Å². The van der Waals surface area contributed by atoms with Crippen LogP contribution in [-0.2, 0) is 19.3 Å². The predicted molar refractivity (Wildman–Crippen MR) is 89.6 cm³/mol. The fraction of sp³-hybridized carbons (Fsp3) is 0.250. The van der Waals surface area contributed by atoms with Gasteiger partial charge in [-0.2, -0.15) is 0 Å². The maximum absolute atomic E-state index is 4.75. The molecule has 1 aromatic heterocycles. The molecule has 0 aliphatic carbocycles. The van der Waals surface area contributed by atoms with Gasteiger partial charge in [0, 0.05) is 11.1 Å². The molecule has 0 radical (unpaired) electrons. The van der Waals surface area contributed by atoms with Crippen LogP contribution in [0.1, 0.15) is 30.2 Å². The second-order valence-electron chi connectivity index (χ2n) is 5.57. The maximum Gasteiger partial charge on any atom is 0.0705 e. The van der Waals surface area contributed by atoms with E-state index in [1.54, 1.807) is 0 Å². The van der Waals surface area contributed by atoms with Crippen molar-refractivity contribution in [3.63, 3.8) is 0 Å². The van der Waals surface area contributed by atoms with Crippen molar-refractivity contribution >= 4 is 10.9 Å². The molecule has 21 heavy (non-hydrogen) atoms. The summed E-state index contributed by atoms with van der Waals surface area (Å²) in [4.78, 5) is 4.75. The molecule has 2 aromatic carbocycles. The van der Waals surface area contributed by atoms with Gasteiger partial charge in [-0.3, -0.25) is 4.98 Å². The Morgan fingerprint density at radius 2 is 1.57 bits per heavy atom.